The summed E-state index contributed by atoms with van der Waals surface area (Å²) in [5.41, 5.74) is 2.07. The molecule has 0 saturated carbocycles. The van der Waals surface area contributed by atoms with E-state index in [1.54, 1.807) is 43.3 Å². The Bertz CT molecular complexity index is 1100. The summed E-state index contributed by atoms with van der Waals surface area (Å²) in [6.07, 6.45) is 0.661. The topological polar surface area (TPSA) is 66.5 Å². The number of halogens is 1. The van der Waals surface area contributed by atoms with Gasteiger partial charge in [0.2, 0.25) is 5.91 Å². The van der Waals surface area contributed by atoms with E-state index in [4.69, 9.17) is 11.6 Å². The van der Waals surface area contributed by atoms with Crippen molar-refractivity contribution in [3.8, 4) is 0 Å². The number of amides is 1. The second-order valence-corrected chi connectivity index (χ2v) is 9.06. The molecule has 3 aromatic rings. The van der Waals surface area contributed by atoms with Crippen molar-refractivity contribution < 1.29 is 13.2 Å². The van der Waals surface area contributed by atoms with Crippen LogP contribution >= 0.6 is 11.6 Å². The summed E-state index contributed by atoms with van der Waals surface area (Å²) in [6, 6.07) is 22.8. The lowest BCUT2D eigenvalue weighted by molar-refractivity contribution is -0.119. The average molecular weight is 443 g/mol. The fraction of sp³-hybridized carbons (Fsp3) is 0.174. The Morgan fingerprint density at radius 3 is 2.23 bits per heavy atom. The third kappa shape index (κ3) is 5.20. The molecule has 0 fully saturated rings. The number of anilines is 1. The van der Waals surface area contributed by atoms with Gasteiger partial charge in [-0.25, -0.2) is 8.42 Å². The molecule has 5 nitrogen and oxygen atoms in total. The van der Waals surface area contributed by atoms with E-state index in [1.807, 2.05) is 30.3 Å². The van der Waals surface area contributed by atoms with Crippen molar-refractivity contribution in [3.05, 3.63) is 95.0 Å². The Morgan fingerprint density at radius 1 is 0.933 bits per heavy atom. The van der Waals surface area contributed by atoms with Crippen LogP contribution in [0, 0.1) is 6.92 Å². The van der Waals surface area contributed by atoms with Crippen molar-refractivity contribution in [2.24, 2.45) is 0 Å². The molecule has 30 heavy (non-hydrogen) atoms. The van der Waals surface area contributed by atoms with Gasteiger partial charge in [-0.2, -0.15) is 0 Å². The Morgan fingerprint density at radius 2 is 1.57 bits per heavy atom. The highest BCUT2D eigenvalue weighted by Gasteiger charge is 2.28. The van der Waals surface area contributed by atoms with Gasteiger partial charge in [-0.1, -0.05) is 66.2 Å². The van der Waals surface area contributed by atoms with Crippen LogP contribution in [-0.2, 0) is 21.2 Å². The number of benzene rings is 3. The van der Waals surface area contributed by atoms with Gasteiger partial charge >= 0.3 is 0 Å². The molecule has 3 rings (SSSR count). The summed E-state index contributed by atoms with van der Waals surface area (Å²) in [5, 5.41) is 3.25. The van der Waals surface area contributed by atoms with E-state index < -0.39 is 10.0 Å². The molecule has 0 aromatic heterocycles. The lowest BCUT2D eigenvalue weighted by atomic mass is 10.1. The molecule has 0 aliphatic carbocycles. The van der Waals surface area contributed by atoms with E-state index in [-0.39, 0.29) is 17.3 Å². The highest BCUT2D eigenvalue weighted by atomic mass is 35.5. The van der Waals surface area contributed by atoms with Gasteiger partial charge in [0.1, 0.15) is 6.54 Å². The van der Waals surface area contributed by atoms with Gasteiger partial charge in [-0.15, -0.1) is 0 Å². The van der Waals surface area contributed by atoms with Crippen molar-refractivity contribution in [1.82, 2.24) is 5.32 Å². The van der Waals surface area contributed by atoms with Crippen LogP contribution in [0.25, 0.3) is 0 Å². The minimum absolute atomic E-state index is 0.112. The van der Waals surface area contributed by atoms with Gasteiger partial charge in [-0.05, 0) is 48.7 Å². The SMILES string of the molecule is Cc1c(Cl)cccc1N(CC(=O)NCCc1ccccc1)S(=O)(=O)c1ccccc1. The lowest BCUT2D eigenvalue weighted by Gasteiger charge is -2.26. The minimum Gasteiger partial charge on any atom is -0.354 e. The number of rotatable bonds is 8. The number of carbonyl (C=O) groups is 1. The third-order valence-electron chi connectivity index (χ3n) is 4.70. The van der Waals surface area contributed by atoms with Gasteiger partial charge in [0.25, 0.3) is 10.0 Å². The monoisotopic (exact) mass is 442 g/mol. The fourth-order valence-electron chi connectivity index (χ4n) is 3.06. The van der Waals surface area contributed by atoms with Crippen LogP contribution in [0.4, 0.5) is 5.69 Å². The number of carbonyl (C=O) groups excluding carboxylic acids is 1. The van der Waals surface area contributed by atoms with Gasteiger partial charge in [0, 0.05) is 11.6 Å². The maximum absolute atomic E-state index is 13.3. The van der Waals surface area contributed by atoms with Crippen LogP contribution in [0.5, 0.6) is 0 Å². The molecule has 156 valence electrons. The standard InChI is InChI=1S/C23H23ClN2O3S/c1-18-21(24)13-8-14-22(18)26(30(28,29)20-11-6-3-7-12-20)17-23(27)25-16-15-19-9-4-2-5-10-19/h2-14H,15-17H2,1H3,(H,25,27). The van der Waals surface area contributed by atoms with Gasteiger partial charge < -0.3 is 5.32 Å². The van der Waals surface area contributed by atoms with E-state index in [2.05, 4.69) is 5.32 Å². The second-order valence-electron chi connectivity index (χ2n) is 6.79. The van der Waals surface area contributed by atoms with Crippen molar-refractivity contribution in [1.29, 1.82) is 0 Å². The molecular formula is C23H23ClN2O3S. The molecule has 3 aromatic carbocycles. The van der Waals surface area contributed by atoms with E-state index in [0.717, 1.165) is 9.87 Å². The summed E-state index contributed by atoms with van der Waals surface area (Å²) in [4.78, 5) is 12.8. The van der Waals surface area contributed by atoms with Gasteiger partial charge in [-0.3, -0.25) is 9.10 Å². The molecule has 0 radical (unpaired) electrons. The summed E-state index contributed by atoms with van der Waals surface area (Å²) in [6.45, 7) is 1.81. The Balaban J connectivity index is 1.83. The summed E-state index contributed by atoms with van der Waals surface area (Å²) < 4.78 is 27.8. The zero-order valence-electron chi connectivity index (χ0n) is 16.6. The number of hydrogen-bond donors (Lipinski definition) is 1. The maximum Gasteiger partial charge on any atom is 0.264 e. The quantitative estimate of drug-likeness (QED) is 0.568. The first-order valence-corrected chi connectivity index (χ1v) is 11.3. The molecule has 0 heterocycles. The molecule has 0 bridgehead atoms. The second kappa shape index (κ2) is 9.78. The number of hydrogen-bond acceptors (Lipinski definition) is 3. The largest absolute Gasteiger partial charge is 0.354 e. The number of sulfonamides is 1. The molecule has 0 unspecified atom stereocenters. The molecular weight excluding hydrogens is 420 g/mol. The Kier molecular flexibility index (Phi) is 7.13. The molecule has 1 N–H and O–H groups in total. The van der Waals surface area contributed by atoms with E-state index in [0.29, 0.717) is 29.2 Å². The van der Waals surface area contributed by atoms with Gasteiger partial charge in [0.05, 0.1) is 10.6 Å². The molecule has 0 spiro atoms. The number of nitrogens with zero attached hydrogens (tertiary/aromatic N) is 1. The smallest absolute Gasteiger partial charge is 0.264 e. The molecule has 0 aliphatic rings. The predicted octanol–water partition coefficient (Wildman–Crippen LogP) is 4.20. The predicted molar refractivity (Wildman–Crippen MR) is 120 cm³/mol. The molecule has 0 atom stereocenters. The third-order valence-corrected chi connectivity index (χ3v) is 6.89. The zero-order valence-corrected chi connectivity index (χ0v) is 18.2. The van der Waals surface area contributed by atoms with Crippen LogP contribution < -0.4 is 9.62 Å². The first kappa shape index (κ1) is 21.9. The van der Waals surface area contributed by atoms with Crippen LogP contribution in [0.2, 0.25) is 5.02 Å². The van der Waals surface area contributed by atoms with E-state index >= 15 is 0 Å². The number of nitrogens with one attached hydrogen (secondary N) is 1. The molecule has 0 saturated heterocycles. The van der Waals surface area contributed by atoms with Crippen molar-refractivity contribution in [2.45, 2.75) is 18.2 Å². The zero-order chi connectivity index (χ0) is 21.6. The van der Waals surface area contributed by atoms with Crippen molar-refractivity contribution in [2.75, 3.05) is 17.4 Å². The minimum atomic E-state index is -3.95. The first-order chi connectivity index (χ1) is 14.4. The first-order valence-electron chi connectivity index (χ1n) is 9.53. The van der Waals surface area contributed by atoms with E-state index in [9.17, 15) is 13.2 Å². The Labute approximate surface area is 182 Å². The highest BCUT2D eigenvalue weighted by molar-refractivity contribution is 7.92. The summed E-state index contributed by atoms with van der Waals surface area (Å²) >= 11 is 6.22. The molecule has 0 aliphatic heterocycles. The van der Waals surface area contributed by atoms with Gasteiger partial charge in [0.15, 0.2) is 0 Å². The van der Waals surface area contributed by atoms with Crippen LogP contribution in [0.3, 0.4) is 0 Å². The van der Waals surface area contributed by atoms with Crippen molar-refractivity contribution >= 4 is 33.2 Å². The maximum atomic E-state index is 13.3. The lowest BCUT2D eigenvalue weighted by Crippen LogP contribution is -2.41. The normalized spacial score (nSPS) is 11.1. The average Bonchev–Trinajstić information content (AvgIpc) is 2.75. The fourth-order valence-corrected chi connectivity index (χ4v) is 4.73. The van der Waals surface area contributed by atoms with Crippen molar-refractivity contribution in [3.63, 3.8) is 0 Å². The highest BCUT2D eigenvalue weighted by Crippen LogP contribution is 2.30. The summed E-state index contributed by atoms with van der Waals surface area (Å²) in [7, 11) is -3.95. The van der Waals surface area contributed by atoms with Crippen LogP contribution in [0.1, 0.15) is 11.1 Å². The summed E-state index contributed by atoms with van der Waals surface area (Å²) in [5.74, 6) is -0.384. The van der Waals surface area contributed by atoms with Crippen LogP contribution in [0.15, 0.2) is 83.8 Å². The molecule has 1 amide bonds. The van der Waals surface area contributed by atoms with E-state index in [1.165, 1.54) is 12.1 Å². The Hall–Kier alpha value is -2.83. The van der Waals surface area contributed by atoms with Crippen LogP contribution in [-0.4, -0.2) is 27.4 Å². The molecule has 7 heteroatoms.